The number of imidazole rings is 1. The van der Waals surface area contributed by atoms with Crippen molar-refractivity contribution < 1.29 is 32.2 Å². The standard InChI is InChI=1S/C28H29F3N6O4/c1-17-14-37(15-18(2)39-17)16-26(38)35-25-13-22(10-11-32-25)40-21-8-9-24-23(12-21)34-27(36(24)3)33-19-4-6-20(7-5-19)41-28(29,30)31/h4-13,17-18H,14-16H2,1-3H3,(H,33,34)(H,32,35,38)/t17-,18+. The van der Waals surface area contributed by atoms with Gasteiger partial charge in [0.1, 0.15) is 23.1 Å². The summed E-state index contributed by atoms with van der Waals surface area (Å²) in [5.74, 6) is 1.39. The summed E-state index contributed by atoms with van der Waals surface area (Å²) in [5, 5.41) is 5.92. The highest BCUT2D eigenvalue weighted by Crippen LogP contribution is 2.30. The molecule has 2 aromatic carbocycles. The van der Waals surface area contributed by atoms with Crippen LogP contribution in [0.4, 0.5) is 30.6 Å². The van der Waals surface area contributed by atoms with Crippen LogP contribution in [-0.4, -0.2) is 63.5 Å². The predicted molar refractivity (Wildman–Crippen MR) is 147 cm³/mol. The van der Waals surface area contributed by atoms with Crippen LogP contribution in [0, 0.1) is 0 Å². The number of benzene rings is 2. The summed E-state index contributed by atoms with van der Waals surface area (Å²) < 4.78 is 54.7. The number of pyridine rings is 1. The van der Waals surface area contributed by atoms with E-state index in [-0.39, 0.29) is 30.4 Å². The van der Waals surface area contributed by atoms with Crippen LogP contribution in [0.5, 0.6) is 17.2 Å². The van der Waals surface area contributed by atoms with E-state index >= 15 is 0 Å². The molecule has 2 N–H and O–H groups in total. The number of fused-ring (bicyclic) bond motifs is 1. The largest absolute Gasteiger partial charge is 0.573 e. The minimum atomic E-state index is -4.75. The van der Waals surface area contributed by atoms with Crippen LogP contribution < -0.4 is 20.1 Å². The third-order valence-electron chi connectivity index (χ3n) is 6.29. The minimum absolute atomic E-state index is 0.0676. The highest BCUT2D eigenvalue weighted by molar-refractivity contribution is 5.91. The molecule has 0 saturated carbocycles. The maximum absolute atomic E-state index is 12.6. The lowest BCUT2D eigenvalue weighted by Crippen LogP contribution is -2.48. The molecule has 13 heteroatoms. The fraction of sp³-hybridized carbons (Fsp3) is 0.321. The number of morpholine rings is 1. The topological polar surface area (TPSA) is 103 Å². The number of alkyl halides is 3. The molecule has 4 aromatic rings. The lowest BCUT2D eigenvalue weighted by molar-refractivity contribution is -0.274. The van der Waals surface area contributed by atoms with Gasteiger partial charge in [0.2, 0.25) is 11.9 Å². The van der Waals surface area contributed by atoms with E-state index in [1.165, 1.54) is 24.3 Å². The van der Waals surface area contributed by atoms with Gasteiger partial charge in [-0.15, -0.1) is 13.2 Å². The van der Waals surface area contributed by atoms with Crippen molar-refractivity contribution in [3.8, 4) is 17.2 Å². The first kappa shape index (κ1) is 28.2. The number of nitrogens with zero attached hydrogens (tertiary/aromatic N) is 4. The number of aromatic nitrogens is 3. The van der Waals surface area contributed by atoms with Gasteiger partial charge in [-0.2, -0.15) is 0 Å². The summed E-state index contributed by atoms with van der Waals surface area (Å²) in [5.41, 5.74) is 1.99. The number of hydrogen-bond acceptors (Lipinski definition) is 8. The minimum Gasteiger partial charge on any atom is -0.457 e. The molecule has 0 unspecified atom stereocenters. The van der Waals surface area contributed by atoms with E-state index in [0.717, 1.165) is 5.52 Å². The Hall–Kier alpha value is -4.36. The maximum atomic E-state index is 12.6. The van der Waals surface area contributed by atoms with Crippen molar-refractivity contribution in [1.29, 1.82) is 0 Å². The third kappa shape index (κ3) is 7.44. The molecule has 3 heterocycles. The van der Waals surface area contributed by atoms with Crippen LogP contribution in [0.25, 0.3) is 11.0 Å². The first-order valence-electron chi connectivity index (χ1n) is 12.9. The van der Waals surface area contributed by atoms with E-state index in [1.54, 1.807) is 30.5 Å². The van der Waals surface area contributed by atoms with Gasteiger partial charge < -0.3 is 29.4 Å². The molecule has 1 aliphatic rings. The lowest BCUT2D eigenvalue weighted by atomic mass is 10.2. The summed E-state index contributed by atoms with van der Waals surface area (Å²) in [6.45, 7) is 5.58. The Bertz CT molecular complexity index is 1520. The molecule has 0 radical (unpaired) electrons. The van der Waals surface area contributed by atoms with Crippen LogP contribution in [0.2, 0.25) is 0 Å². The summed E-state index contributed by atoms with van der Waals surface area (Å²) in [4.78, 5) is 23.5. The number of ether oxygens (including phenoxy) is 3. The van der Waals surface area contributed by atoms with Gasteiger partial charge in [-0.3, -0.25) is 9.69 Å². The van der Waals surface area contributed by atoms with Crippen LogP contribution in [0.1, 0.15) is 13.8 Å². The zero-order valence-electron chi connectivity index (χ0n) is 22.6. The van der Waals surface area contributed by atoms with Crippen molar-refractivity contribution in [2.24, 2.45) is 7.05 Å². The quantitative estimate of drug-likeness (QED) is 0.288. The van der Waals surface area contributed by atoms with E-state index in [2.05, 4.69) is 30.2 Å². The number of carbonyl (C=O) groups excluding carboxylic acids is 1. The first-order chi connectivity index (χ1) is 19.5. The molecule has 41 heavy (non-hydrogen) atoms. The molecule has 0 aliphatic carbocycles. The maximum Gasteiger partial charge on any atom is 0.573 e. The molecular formula is C28H29F3N6O4. The van der Waals surface area contributed by atoms with Gasteiger partial charge in [0.15, 0.2) is 0 Å². The lowest BCUT2D eigenvalue weighted by Gasteiger charge is -2.34. The zero-order valence-corrected chi connectivity index (χ0v) is 22.6. The third-order valence-corrected chi connectivity index (χ3v) is 6.29. The van der Waals surface area contributed by atoms with Crippen LogP contribution in [-0.2, 0) is 16.6 Å². The second-order valence-electron chi connectivity index (χ2n) is 9.82. The number of aryl methyl sites for hydroxylation is 1. The number of anilines is 3. The molecule has 1 saturated heterocycles. The number of nitrogens with one attached hydrogen (secondary N) is 2. The van der Waals surface area contributed by atoms with Gasteiger partial charge in [-0.1, -0.05) is 0 Å². The Kier molecular flexibility index (Phi) is 7.99. The summed E-state index contributed by atoms with van der Waals surface area (Å²) in [6, 6.07) is 14.1. The van der Waals surface area contributed by atoms with Gasteiger partial charge in [-0.05, 0) is 56.3 Å². The van der Waals surface area contributed by atoms with Crippen molar-refractivity contribution in [2.45, 2.75) is 32.4 Å². The average Bonchev–Trinajstić information content (AvgIpc) is 3.18. The fourth-order valence-electron chi connectivity index (χ4n) is 4.70. The summed E-state index contributed by atoms with van der Waals surface area (Å²) >= 11 is 0. The van der Waals surface area contributed by atoms with E-state index in [1.807, 2.05) is 31.5 Å². The average molecular weight is 571 g/mol. The Morgan fingerprint density at radius 1 is 1.02 bits per heavy atom. The van der Waals surface area contributed by atoms with Crippen LogP contribution >= 0.6 is 0 Å². The van der Waals surface area contributed by atoms with Crippen molar-refractivity contribution in [2.75, 3.05) is 30.3 Å². The number of hydrogen-bond donors (Lipinski definition) is 2. The number of rotatable bonds is 8. The highest BCUT2D eigenvalue weighted by atomic mass is 19.4. The molecular weight excluding hydrogens is 541 g/mol. The van der Waals surface area contributed by atoms with Crippen molar-refractivity contribution in [3.05, 3.63) is 60.8 Å². The van der Waals surface area contributed by atoms with Crippen molar-refractivity contribution in [3.63, 3.8) is 0 Å². The molecule has 2 atom stereocenters. The van der Waals surface area contributed by atoms with Crippen LogP contribution in [0.15, 0.2) is 60.8 Å². The molecule has 0 bridgehead atoms. The zero-order chi connectivity index (χ0) is 29.1. The second kappa shape index (κ2) is 11.6. The van der Waals surface area contributed by atoms with Gasteiger partial charge in [-0.25, -0.2) is 9.97 Å². The number of carbonyl (C=O) groups is 1. The Morgan fingerprint density at radius 3 is 2.41 bits per heavy atom. The van der Waals surface area contributed by atoms with Gasteiger partial charge in [0.25, 0.3) is 0 Å². The van der Waals surface area contributed by atoms with E-state index in [0.29, 0.717) is 47.6 Å². The summed E-state index contributed by atoms with van der Waals surface area (Å²) in [6.07, 6.45) is -3.06. The molecule has 216 valence electrons. The normalized spacial score (nSPS) is 17.8. The molecule has 1 fully saturated rings. The summed E-state index contributed by atoms with van der Waals surface area (Å²) in [7, 11) is 1.81. The Labute approximate surface area is 234 Å². The van der Waals surface area contributed by atoms with Gasteiger partial charge in [0.05, 0.1) is 29.8 Å². The fourth-order valence-corrected chi connectivity index (χ4v) is 4.70. The van der Waals surface area contributed by atoms with Gasteiger partial charge in [0, 0.05) is 44.2 Å². The highest BCUT2D eigenvalue weighted by Gasteiger charge is 2.31. The van der Waals surface area contributed by atoms with Crippen molar-refractivity contribution >= 4 is 34.4 Å². The molecule has 0 spiro atoms. The monoisotopic (exact) mass is 570 g/mol. The SMILES string of the molecule is C[C@@H]1CN(CC(=O)Nc2cc(Oc3ccc4c(c3)nc(Nc3ccc(OC(F)(F)F)cc3)n4C)ccn2)C[C@H](C)O1. The molecule has 10 nitrogen and oxygen atoms in total. The predicted octanol–water partition coefficient (Wildman–Crippen LogP) is 5.45. The first-order valence-corrected chi connectivity index (χ1v) is 12.9. The van der Waals surface area contributed by atoms with Gasteiger partial charge >= 0.3 is 6.36 Å². The van der Waals surface area contributed by atoms with Crippen LogP contribution in [0.3, 0.4) is 0 Å². The molecule has 5 rings (SSSR count). The number of halogens is 3. The van der Waals surface area contributed by atoms with Crippen molar-refractivity contribution in [1.82, 2.24) is 19.4 Å². The molecule has 2 aromatic heterocycles. The molecule has 1 amide bonds. The number of amides is 1. The van der Waals surface area contributed by atoms with E-state index < -0.39 is 6.36 Å². The van der Waals surface area contributed by atoms with E-state index in [4.69, 9.17) is 9.47 Å². The smallest absolute Gasteiger partial charge is 0.457 e. The van der Waals surface area contributed by atoms with E-state index in [9.17, 15) is 18.0 Å². The second-order valence-corrected chi connectivity index (χ2v) is 9.82. The Balaban J connectivity index is 1.23. The molecule has 1 aliphatic heterocycles. The Morgan fingerprint density at radius 2 is 1.71 bits per heavy atom.